The van der Waals surface area contributed by atoms with Crippen molar-refractivity contribution in [2.45, 2.75) is 25.3 Å². The van der Waals surface area contributed by atoms with E-state index in [1.54, 1.807) is 0 Å². The van der Waals surface area contributed by atoms with Gasteiger partial charge in [-0.25, -0.2) is 4.98 Å². The predicted molar refractivity (Wildman–Crippen MR) is 109 cm³/mol. The molecule has 0 saturated carbocycles. The first kappa shape index (κ1) is 21.3. The Hall–Kier alpha value is -2.02. The molecule has 2 aliphatic rings. The molecule has 27 heavy (non-hydrogen) atoms. The summed E-state index contributed by atoms with van der Waals surface area (Å²) in [6.45, 7) is 2.12. The van der Waals surface area contributed by atoms with E-state index in [1.165, 1.54) is 0 Å². The second-order valence-corrected chi connectivity index (χ2v) is 6.31. The Balaban J connectivity index is 0.00000131. The minimum absolute atomic E-state index is 0. The van der Waals surface area contributed by atoms with Crippen LogP contribution in [0.1, 0.15) is 19.3 Å². The van der Waals surface area contributed by atoms with E-state index in [2.05, 4.69) is 15.6 Å². The van der Waals surface area contributed by atoms with Gasteiger partial charge in [-0.15, -0.1) is 24.8 Å². The van der Waals surface area contributed by atoms with Crippen molar-refractivity contribution in [2.75, 3.05) is 25.1 Å². The number of amides is 1. The van der Waals surface area contributed by atoms with E-state index in [-0.39, 0.29) is 36.8 Å². The normalized spacial score (nSPS) is 17.4. The molecule has 1 saturated heterocycles. The van der Waals surface area contributed by atoms with Gasteiger partial charge < -0.3 is 20.1 Å². The molecule has 8 heteroatoms. The standard InChI is InChI=1S/C19H21N3O3.2ClH/c23-19(12-14-3-2-8-20-14)22-18-5-1-4-15(21-18)13-6-7-16-17(11-13)25-10-9-24-16;;/h1,4-7,11,14,20H,2-3,8-10,12H2,(H,21,22,23);2*1H. The highest BCUT2D eigenvalue weighted by molar-refractivity contribution is 5.90. The molecular weight excluding hydrogens is 389 g/mol. The summed E-state index contributed by atoms with van der Waals surface area (Å²) in [6, 6.07) is 11.7. The number of hydrogen-bond acceptors (Lipinski definition) is 5. The van der Waals surface area contributed by atoms with Crippen molar-refractivity contribution in [3.63, 3.8) is 0 Å². The molecule has 6 nitrogen and oxygen atoms in total. The summed E-state index contributed by atoms with van der Waals surface area (Å²) in [6.07, 6.45) is 2.67. The van der Waals surface area contributed by atoms with Crippen LogP contribution in [-0.4, -0.2) is 36.7 Å². The number of benzene rings is 1. The number of anilines is 1. The SMILES string of the molecule is Cl.Cl.O=C(CC1CCCN1)Nc1cccc(-c2ccc3c(c2)OCCO3)n1. The van der Waals surface area contributed by atoms with Gasteiger partial charge >= 0.3 is 0 Å². The van der Waals surface area contributed by atoms with E-state index >= 15 is 0 Å². The minimum atomic E-state index is -0.00813. The molecule has 0 aliphatic carbocycles. The van der Waals surface area contributed by atoms with Gasteiger partial charge in [0.05, 0.1) is 5.69 Å². The highest BCUT2D eigenvalue weighted by Crippen LogP contribution is 2.34. The average Bonchev–Trinajstić information content (AvgIpc) is 3.14. The van der Waals surface area contributed by atoms with E-state index in [0.29, 0.717) is 25.5 Å². The first-order valence-electron chi connectivity index (χ1n) is 8.68. The fourth-order valence-electron chi connectivity index (χ4n) is 3.22. The third kappa shape index (κ3) is 5.25. The van der Waals surface area contributed by atoms with Crippen LogP contribution >= 0.6 is 24.8 Å². The van der Waals surface area contributed by atoms with Gasteiger partial charge in [0, 0.05) is 18.0 Å². The monoisotopic (exact) mass is 411 g/mol. The number of rotatable bonds is 4. The van der Waals surface area contributed by atoms with Crippen molar-refractivity contribution < 1.29 is 14.3 Å². The molecule has 1 unspecified atom stereocenters. The number of ether oxygens (including phenoxy) is 2. The lowest BCUT2D eigenvalue weighted by atomic mass is 10.1. The summed E-state index contributed by atoms with van der Waals surface area (Å²) in [5.41, 5.74) is 1.71. The largest absolute Gasteiger partial charge is 0.486 e. The van der Waals surface area contributed by atoms with Gasteiger partial charge in [0.2, 0.25) is 5.91 Å². The lowest BCUT2D eigenvalue weighted by molar-refractivity contribution is -0.116. The van der Waals surface area contributed by atoms with Gasteiger partial charge in [0.1, 0.15) is 19.0 Å². The molecule has 3 heterocycles. The second-order valence-electron chi connectivity index (χ2n) is 6.31. The number of nitrogens with zero attached hydrogens (tertiary/aromatic N) is 1. The van der Waals surface area contributed by atoms with Gasteiger partial charge in [-0.2, -0.15) is 0 Å². The van der Waals surface area contributed by atoms with Crippen molar-refractivity contribution in [3.05, 3.63) is 36.4 Å². The number of nitrogens with one attached hydrogen (secondary N) is 2. The molecular formula is C19H23Cl2N3O3. The van der Waals surface area contributed by atoms with Crippen molar-refractivity contribution >= 4 is 36.5 Å². The van der Waals surface area contributed by atoms with Gasteiger partial charge in [-0.05, 0) is 49.7 Å². The lowest BCUT2D eigenvalue weighted by Gasteiger charge is -2.18. The summed E-state index contributed by atoms with van der Waals surface area (Å²) < 4.78 is 11.2. The summed E-state index contributed by atoms with van der Waals surface area (Å²) in [4.78, 5) is 16.7. The highest BCUT2D eigenvalue weighted by Gasteiger charge is 2.18. The summed E-state index contributed by atoms with van der Waals surface area (Å²) in [7, 11) is 0. The molecule has 1 fully saturated rings. The maximum atomic E-state index is 12.2. The van der Waals surface area contributed by atoms with Gasteiger partial charge in [-0.3, -0.25) is 4.79 Å². The fraction of sp³-hybridized carbons (Fsp3) is 0.368. The van der Waals surface area contributed by atoms with Crippen LogP contribution in [0.2, 0.25) is 0 Å². The zero-order chi connectivity index (χ0) is 17.1. The zero-order valence-corrected chi connectivity index (χ0v) is 16.4. The van der Waals surface area contributed by atoms with Crippen LogP contribution in [0.4, 0.5) is 5.82 Å². The van der Waals surface area contributed by atoms with Crippen LogP contribution in [0, 0.1) is 0 Å². The lowest BCUT2D eigenvalue weighted by Crippen LogP contribution is -2.27. The molecule has 1 aromatic carbocycles. The molecule has 1 aromatic heterocycles. The number of halogens is 2. The van der Waals surface area contributed by atoms with Crippen molar-refractivity contribution in [1.82, 2.24) is 10.3 Å². The third-order valence-electron chi connectivity index (χ3n) is 4.45. The van der Waals surface area contributed by atoms with E-state index in [0.717, 1.165) is 42.1 Å². The second kappa shape index (κ2) is 9.78. The molecule has 1 amide bonds. The fourth-order valence-corrected chi connectivity index (χ4v) is 3.22. The third-order valence-corrected chi connectivity index (χ3v) is 4.45. The summed E-state index contributed by atoms with van der Waals surface area (Å²) >= 11 is 0. The van der Waals surface area contributed by atoms with Crippen LogP contribution in [-0.2, 0) is 4.79 Å². The Bertz CT molecular complexity index is 783. The zero-order valence-electron chi connectivity index (χ0n) is 14.8. The first-order chi connectivity index (χ1) is 12.3. The molecule has 0 radical (unpaired) electrons. The topological polar surface area (TPSA) is 72.5 Å². The van der Waals surface area contributed by atoms with Crippen LogP contribution < -0.4 is 20.1 Å². The Morgan fingerprint density at radius 1 is 1.15 bits per heavy atom. The van der Waals surface area contributed by atoms with E-state index in [4.69, 9.17) is 9.47 Å². The van der Waals surface area contributed by atoms with Crippen LogP contribution in [0.5, 0.6) is 11.5 Å². The molecule has 146 valence electrons. The number of pyridine rings is 1. The van der Waals surface area contributed by atoms with Gasteiger partial charge in [-0.1, -0.05) is 6.07 Å². The Morgan fingerprint density at radius 2 is 1.96 bits per heavy atom. The maximum Gasteiger partial charge on any atom is 0.227 e. The van der Waals surface area contributed by atoms with E-state index in [1.807, 2.05) is 36.4 Å². The maximum absolute atomic E-state index is 12.2. The molecule has 2 aromatic rings. The smallest absolute Gasteiger partial charge is 0.227 e. The van der Waals surface area contributed by atoms with Crippen LogP contribution in [0.15, 0.2) is 36.4 Å². The van der Waals surface area contributed by atoms with Crippen molar-refractivity contribution in [2.24, 2.45) is 0 Å². The van der Waals surface area contributed by atoms with E-state index in [9.17, 15) is 4.79 Å². The number of hydrogen-bond donors (Lipinski definition) is 2. The van der Waals surface area contributed by atoms with Gasteiger partial charge in [0.15, 0.2) is 11.5 Å². The van der Waals surface area contributed by atoms with E-state index < -0.39 is 0 Å². The first-order valence-corrected chi connectivity index (χ1v) is 8.68. The molecule has 0 bridgehead atoms. The number of carbonyl (C=O) groups excluding carboxylic acids is 1. The Labute approximate surface area is 170 Å². The molecule has 0 spiro atoms. The molecule has 2 aliphatic heterocycles. The number of aromatic nitrogens is 1. The Kier molecular flexibility index (Phi) is 7.71. The van der Waals surface area contributed by atoms with Crippen LogP contribution in [0.25, 0.3) is 11.3 Å². The molecule has 2 N–H and O–H groups in total. The predicted octanol–water partition coefficient (Wildman–Crippen LogP) is 3.44. The average molecular weight is 412 g/mol. The van der Waals surface area contributed by atoms with Crippen LogP contribution in [0.3, 0.4) is 0 Å². The van der Waals surface area contributed by atoms with Crippen molar-refractivity contribution in [3.8, 4) is 22.8 Å². The highest BCUT2D eigenvalue weighted by atomic mass is 35.5. The quantitative estimate of drug-likeness (QED) is 0.805. The summed E-state index contributed by atoms with van der Waals surface area (Å²) in [5, 5.41) is 6.23. The minimum Gasteiger partial charge on any atom is -0.486 e. The number of carbonyl (C=O) groups is 1. The number of fused-ring (bicyclic) bond motifs is 1. The Morgan fingerprint density at radius 3 is 2.74 bits per heavy atom. The molecule has 1 atom stereocenters. The van der Waals surface area contributed by atoms with Crippen molar-refractivity contribution in [1.29, 1.82) is 0 Å². The molecule has 4 rings (SSSR count). The summed E-state index contributed by atoms with van der Waals surface area (Å²) in [5.74, 6) is 2.04. The van der Waals surface area contributed by atoms with Gasteiger partial charge in [0.25, 0.3) is 0 Å².